The van der Waals surface area contributed by atoms with E-state index in [4.69, 9.17) is 11.6 Å². The molecule has 0 spiro atoms. The van der Waals surface area contributed by atoms with Crippen LogP contribution >= 0.6 is 11.6 Å². The fourth-order valence-corrected chi connectivity index (χ4v) is 2.93. The fourth-order valence-electron chi connectivity index (χ4n) is 1.77. The van der Waals surface area contributed by atoms with E-state index in [9.17, 15) is 32.1 Å². The van der Waals surface area contributed by atoms with Gasteiger partial charge in [0.25, 0.3) is 15.7 Å². The number of hydrogen-bond donors (Lipinski definition) is 2. The zero-order valence-corrected chi connectivity index (χ0v) is 15.2. The van der Waals surface area contributed by atoms with Crippen molar-refractivity contribution in [1.29, 1.82) is 0 Å². The number of nitrogens with one attached hydrogen (secondary N) is 2. The molecule has 0 saturated carbocycles. The predicted octanol–water partition coefficient (Wildman–Crippen LogP) is 0.938. The van der Waals surface area contributed by atoms with Gasteiger partial charge in [-0.2, -0.15) is 23.7 Å². The zero-order chi connectivity index (χ0) is 21.1. The van der Waals surface area contributed by atoms with Gasteiger partial charge in [0, 0.05) is 6.07 Å². The molecule has 0 aliphatic rings. The van der Waals surface area contributed by atoms with Crippen LogP contribution < -0.4 is 14.8 Å². The molecule has 2 amide bonds. The van der Waals surface area contributed by atoms with E-state index in [1.807, 2.05) is 0 Å². The monoisotopic (exact) mass is 462 g/mol. The van der Waals surface area contributed by atoms with Crippen molar-refractivity contribution in [2.45, 2.75) is 10.3 Å². The van der Waals surface area contributed by atoms with Crippen LogP contribution in [0.15, 0.2) is 29.2 Å². The molecule has 2 aromatic rings. The fraction of sp³-hybridized carbons (Fsp3) is 0.167. The third-order valence-corrected chi connectivity index (χ3v) is 4.40. The first-order chi connectivity index (χ1) is 12.9. The summed E-state index contributed by atoms with van der Waals surface area (Å²) in [6, 6.07) is 2.11. The summed E-state index contributed by atoms with van der Waals surface area (Å²) in [5.74, 6) is -2.07. The Labute approximate surface area is 188 Å². The van der Waals surface area contributed by atoms with Gasteiger partial charge in [0.1, 0.15) is 0 Å². The Bertz CT molecular complexity index is 1040. The Morgan fingerprint density at radius 1 is 1.28 bits per heavy atom. The number of para-hydroxylation sites is 1. The molecule has 0 aliphatic heterocycles. The summed E-state index contributed by atoms with van der Waals surface area (Å²) in [6.45, 7) is 0. The number of alkyl halides is 3. The summed E-state index contributed by atoms with van der Waals surface area (Å²) in [7, 11) is -3.65. The van der Waals surface area contributed by atoms with E-state index in [2.05, 4.69) is 19.7 Å². The van der Waals surface area contributed by atoms with Gasteiger partial charge in [-0.15, -0.1) is 0 Å². The average Bonchev–Trinajstić information content (AvgIpc) is 2.60. The number of sulfonamides is 1. The van der Waals surface area contributed by atoms with E-state index in [1.165, 1.54) is 16.9 Å². The molecule has 0 radical (unpaired) electrons. The summed E-state index contributed by atoms with van der Waals surface area (Å²) < 4.78 is 56.8. The van der Waals surface area contributed by atoms with Gasteiger partial charge >= 0.3 is 47.0 Å². The number of ether oxygens (including phenoxy) is 1. The molecule has 2 N–H and O–H groups in total. The number of carbonyl (C=O) groups excluding carboxylic acids is 1. The van der Waals surface area contributed by atoms with Gasteiger partial charge in [-0.05, 0) is 17.7 Å². The number of benzene rings is 1. The molecule has 0 bridgehead atoms. The van der Waals surface area contributed by atoms with Gasteiger partial charge in [0.2, 0.25) is 11.8 Å². The SMILES string of the molecule is COc1nc(NC(=O)NS(=O)(=O)c2ccccc2[N+](=O)[O-])nc(C(F)(F)Cl)n1.[NaH]. The number of aromatic nitrogens is 3. The molecule has 17 heteroatoms. The number of carbonyl (C=O) groups is 1. The minimum absolute atomic E-state index is 0. The average molecular weight is 463 g/mol. The Balaban J connectivity index is 0.00000420. The molecular weight excluding hydrogens is 453 g/mol. The van der Waals surface area contributed by atoms with Crippen molar-refractivity contribution in [3.8, 4) is 6.01 Å². The van der Waals surface area contributed by atoms with E-state index in [0.29, 0.717) is 0 Å². The van der Waals surface area contributed by atoms with Gasteiger partial charge < -0.3 is 4.74 Å². The molecule has 0 saturated heterocycles. The third kappa shape index (κ3) is 6.40. The van der Waals surface area contributed by atoms with Crippen LogP contribution in [0.25, 0.3) is 0 Å². The maximum atomic E-state index is 13.2. The number of anilines is 1. The third-order valence-electron chi connectivity index (χ3n) is 2.85. The second-order valence-corrected chi connectivity index (χ2v) is 6.88. The summed E-state index contributed by atoms with van der Waals surface area (Å²) >= 11 is 4.80. The first kappa shape index (κ1) is 24.8. The molecule has 1 aromatic heterocycles. The summed E-state index contributed by atoms with van der Waals surface area (Å²) in [4.78, 5) is 30.9. The summed E-state index contributed by atoms with van der Waals surface area (Å²) in [5.41, 5.74) is -0.784. The number of nitro benzene ring substituents is 1. The van der Waals surface area contributed by atoms with Gasteiger partial charge in [-0.25, -0.2) is 17.9 Å². The molecule has 0 aliphatic carbocycles. The van der Waals surface area contributed by atoms with Gasteiger partial charge in [0.05, 0.1) is 12.0 Å². The number of urea groups is 1. The molecule has 0 atom stereocenters. The first-order valence-corrected chi connectivity index (χ1v) is 8.74. The predicted molar refractivity (Wildman–Crippen MR) is 95.7 cm³/mol. The topological polar surface area (TPSA) is 166 Å². The Morgan fingerprint density at radius 2 is 1.90 bits per heavy atom. The van der Waals surface area contributed by atoms with Crippen molar-refractivity contribution in [3.05, 3.63) is 40.2 Å². The van der Waals surface area contributed by atoms with Crippen molar-refractivity contribution in [2.75, 3.05) is 12.4 Å². The van der Waals surface area contributed by atoms with E-state index < -0.39 is 54.7 Å². The van der Waals surface area contributed by atoms with Crippen molar-refractivity contribution < 1.29 is 31.7 Å². The molecule has 152 valence electrons. The standard InChI is InChI=1S/C12H9ClF2N6O6S.Na.H/c1-27-11-17-8(12(13,14)15)16-9(19-11)18-10(22)20-28(25,26)7-5-3-2-4-6(7)21(23)24;;/h2-5H,1H3,(H2,16,17,18,19,20,22);;. The van der Waals surface area contributed by atoms with Crippen molar-refractivity contribution in [2.24, 2.45) is 0 Å². The second kappa shape index (κ2) is 9.53. The van der Waals surface area contributed by atoms with Crippen LogP contribution in [0.4, 0.5) is 25.2 Å². The molecule has 0 fully saturated rings. The van der Waals surface area contributed by atoms with Crippen LogP contribution in [0.3, 0.4) is 0 Å². The van der Waals surface area contributed by atoms with Crippen LogP contribution in [0.1, 0.15) is 5.82 Å². The molecule has 2 rings (SSSR count). The number of rotatable bonds is 6. The summed E-state index contributed by atoms with van der Waals surface area (Å²) in [6.07, 6.45) is 0. The number of nitro groups is 1. The molecule has 12 nitrogen and oxygen atoms in total. The molecule has 1 heterocycles. The van der Waals surface area contributed by atoms with Crippen LogP contribution in [0.5, 0.6) is 6.01 Å². The Morgan fingerprint density at radius 3 is 2.45 bits per heavy atom. The number of amides is 2. The summed E-state index contributed by atoms with van der Waals surface area (Å²) in [5, 5.41) is 8.68. The van der Waals surface area contributed by atoms with Crippen molar-refractivity contribution in [1.82, 2.24) is 19.7 Å². The van der Waals surface area contributed by atoms with Crippen LogP contribution in [-0.4, -0.2) is 71.0 Å². The van der Waals surface area contributed by atoms with Gasteiger partial charge in [0.15, 0.2) is 4.90 Å². The van der Waals surface area contributed by atoms with E-state index in [0.717, 1.165) is 19.2 Å². The second-order valence-electron chi connectivity index (χ2n) is 4.75. The van der Waals surface area contributed by atoms with Gasteiger partial charge in [-0.3, -0.25) is 15.4 Å². The minimum atomic E-state index is -4.69. The van der Waals surface area contributed by atoms with E-state index >= 15 is 0 Å². The number of halogens is 3. The van der Waals surface area contributed by atoms with Gasteiger partial charge in [-0.1, -0.05) is 12.1 Å². The normalized spacial score (nSPS) is 11.2. The van der Waals surface area contributed by atoms with Crippen LogP contribution in [-0.2, 0) is 15.4 Å². The molecular formula is C12H10ClF2N6NaO6S. The number of methoxy groups -OCH3 is 1. The van der Waals surface area contributed by atoms with Crippen LogP contribution in [0.2, 0.25) is 0 Å². The van der Waals surface area contributed by atoms with E-state index in [1.54, 1.807) is 5.32 Å². The first-order valence-electron chi connectivity index (χ1n) is 6.88. The molecule has 1 aromatic carbocycles. The number of hydrogen-bond acceptors (Lipinski definition) is 9. The number of nitrogens with zero attached hydrogens (tertiary/aromatic N) is 4. The van der Waals surface area contributed by atoms with Crippen molar-refractivity contribution >= 4 is 68.8 Å². The van der Waals surface area contributed by atoms with Crippen molar-refractivity contribution in [3.63, 3.8) is 0 Å². The van der Waals surface area contributed by atoms with E-state index in [-0.39, 0.29) is 29.6 Å². The Hall–Kier alpha value is -2.20. The molecule has 29 heavy (non-hydrogen) atoms. The zero-order valence-electron chi connectivity index (χ0n) is 13.6. The van der Waals surface area contributed by atoms with Crippen LogP contribution in [0, 0.1) is 10.1 Å². The maximum absolute atomic E-state index is 13.2. The Kier molecular flexibility index (Phi) is 8.16. The quantitative estimate of drug-likeness (QED) is 0.275. The molecule has 0 unspecified atom stereocenters.